The van der Waals surface area contributed by atoms with Crippen LogP contribution in [-0.4, -0.2) is 26.5 Å². The summed E-state index contributed by atoms with van der Waals surface area (Å²) in [7, 11) is -5.20. The average molecular weight is 344 g/mol. The van der Waals surface area contributed by atoms with Gasteiger partial charge in [-0.05, 0) is 4.92 Å². The van der Waals surface area contributed by atoms with Gasteiger partial charge in [0.15, 0.2) is 5.82 Å². The monoisotopic (exact) mass is 343 g/mol. The molecule has 1 aromatic rings. The molecular weight excluding hydrogens is 334 g/mol. The molecule has 0 N–H and O–H groups in total. The van der Waals surface area contributed by atoms with Gasteiger partial charge >= 0.3 is 64.9 Å². The van der Waals surface area contributed by atoms with Crippen LogP contribution < -0.4 is 68.9 Å². The van der Waals surface area contributed by atoms with Crippen molar-refractivity contribution in [2.45, 2.75) is 19.6 Å². The molecule has 102 valence electrons. The molecule has 1 aromatic heterocycles. The summed E-state index contributed by atoms with van der Waals surface area (Å²) in [6, 6.07) is 0. The van der Waals surface area contributed by atoms with Gasteiger partial charge in [0, 0.05) is 6.92 Å². The Kier molecular flexibility index (Phi) is 11.5. The van der Waals surface area contributed by atoms with Crippen LogP contribution in [0.5, 0.6) is 0 Å². The molecule has 0 aliphatic carbocycles. The van der Waals surface area contributed by atoms with E-state index in [2.05, 4.69) is 9.51 Å². The van der Waals surface area contributed by atoms with E-state index >= 15 is 0 Å². The summed E-state index contributed by atoms with van der Waals surface area (Å²) in [4.78, 5) is 34.7. The van der Waals surface area contributed by atoms with E-state index in [0.29, 0.717) is 0 Å². The number of hydrogen-bond acceptors (Lipinski definition) is 7. The fourth-order valence-corrected chi connectivity index (χ4v) is 2.08. The van der Waals surface area contributed by atoms with E-state index in [1.807, 2.05) is 0 Å². The number of nitrogens with zero attached hydrogens (tertiary/aromatic N) is 3. The van der Waals surface area contributed by atoms with Crippen molar-refractivity contribution in [1.82, 2.24) is 9.55 Å². The van der Waals surface area contributed by atoms with Gasteiger partial charge in [-0.2, -0.15) is 0 Å². The maximum atomic E-state index is 10.7. The van der Waals surface area contributed by atoms with Gasteiger partial charge < -0.3 is 29.0 Å². The number of hydrogen-bond donors (Lipinski definition) is 0. The molecule has 1 heterocycles. The second-order valence-electron chi connectivity index (χ2n) is 3.36. The summed E-state index contributed by atoms with van der Waals surface area (Å²) in [6.45, 7) is 1.24. The van der Waals surface area contributed by atoms with Crippen LogP contribution in [0.15, 0.2) is 6.20 Å². The van der Waals surface area contributed by atoms with Crippen LogP contribution in [0.1, 0.15) is 5.82 Å². The van der Waals surface area contributed by atoms with Crippen molar-refractivity contribution in [3.05, 3.63) is 22.1 Å². The van der Waals surface area contributed by atoms with Crippen LogP contribution in [0.2, 0.25) is 0 Å². The zero-order chi connectivity index (χ0) is 13.9. The molecule has 0 spiro atoms. The molecular formula is C7H9ClN3Na2O6P. The van der Waals surface area contributed by atoms with Crippen molar-refractivity contribution in [2.24, 2.45) is 0 Å². The normalized spacial score (nSPS) is 12.2. The topological polar surface area (TPSA) is 133 Å². The fraction of sp³-hybridized carbons (Fsp3) is 0.571. The Morgan fingerprint density at radius 1 is 1.55 bits per heavy atom. The summed E-state index contributed by atoms with van der Waals surface area (Å²) in [5.41, 5.74) is 0. The fourth-order valence-electron chi connectivity index (χ4n) is 1.32. The SMILES string of the molecule is Cc1ncc([N+](=O)[O-])n1CC(CCl)OP(=O)([O-])[O-].[Na+].[Na+]. The van der Waals surface area contributed by atoms with Crippen molar-refractivity contribution in [3.63, 3.8) is 0 Å². The first-order valence-electron chi connectivity index (χ1n) is 4.67. The Morgan fingerprint density at radius 2 is 2.10 bits per heavy atom. The van der Waals surface area contributed by atoms with E-state index in [4.69, 9.17) is 11.6 Å². The molecule has 9 nitrogen and oxygen atoms in total. The molecule has 13 heteroatoms. The molecule has 0 fully saturated rings. The smallest absolute Gasteiger partial charge is 0.790 e. The molecule has 20 heavy (non-hydrogen) atoms. The molecule has 1 rings (SSSR count). The standard InChI is InChI=1S/C7H11ClN3O6P.2Na/c1-5-9-3-7(11(12)13)10(5)4-6(2-8)17-18(14,15)16;;/h3,6H,2,4H2,1H3,(H2,14,15,16);;/q;2*+1/p-2. The first-order valence-corrected chi connectivity index (χ1v) is 6.67. The van der Waals surface area contributed by atoms with Gasteiger partial charge in [0.05, 0.1) is 13.7 Å². The minimum absolute atomic E-state index is 0. The molecule has 0 saturated heterocycles. The molecule has 1 unspecified atom stereocenters. The van der Waals surface area contributed by atoms with Gasteiger partial charge in [-0.1, -0.05) is 0 Å². The van der Waals surface area contributed by atoms with Crippen molar-refractivity contribution in [1.29, 1.82) is 0 Å². The quantitative estimate of drug-likeness (QED) is 0.165. The van der Waals surface area contributed by atoms with Crippen LogP contribution in [0, 0.1) is 17.0 Å². The van der Waals surface area contributed by atoms with Crippen LogP contribution in [0.25, 0.3) is 0 Å². The van der Waals surface area contributed by atoms with E-state index in [9.17, 15) is 24.5 Å². The van der Waals surface area contributed by atoms with E-state index in [0.717, 1.165) is 10.8 Å². The number of phosphoric ester groups is 1. The molecule has 1 atom stereocenters. The molecule has 0 radical (unpaired) electrons. The number of phosphoric acid groups is 1. The van der Waals surface area contributed by atoms with Crippen LogP contribution in [0.4, 0.5) is 5.82 Å². The number of imidazole rings is 1. The van der Waals surface area contributed by atoms with Gasteiger partial charge in [-0.15, -0.1) is 11.6 Å². The Morgan fingerprint density at radius 3 is 2.50 bits per heavy atom. The van der Waals surface area contributed by atoms with Crippen molar-refractivity contribution >= 4 is 25.2 Å². The zero-order valence-electron chi connectivity index (χ0n) is 11.2. The van der Waals surface area contributed by atoms with Gasteiger partial charge in [0.25, 0.3) is 0 Å². The number of rotatable bonds is 6. The Balaban J connectivity index is 0. The summed E-state index contributed by atoms with van der Waals surface area (Å²) in [5.74, 6) is -0.353. The van der Waals surface area contributed by atoms with E-state index in [-0.39, 0.29) is 83.2 Å². The molecule has 0 saturated carbocycles. The van der Waals surface area contributed by atoms with Crippen molar-refractivity contribution in [2.75, 3.05) is 5.88 Å². The van der Waals surface area contributed by atoms with Crippen molar-refractivity contribution < 1.29 is 82.9 Å². The third kappa shape index (κ3) is 7.33. The Bertz CT molecular complexity index is 495. The molecule has 0 aliphatic rings. The number of aromatic nitrogens is 2. The second kappa shape index (κ2) is 9.91. The largest absolute Gasteiger partial charge is 1.00 e. The Labute approximate surface area is 164 Å². The van der Waals surface area contributed by atoms with Gasteiger partial charge in [-0.25, -0.2) is 9.55 Å². The summed E-state index contributed by atoms with van der Waals surface area (Å²) in [6.07, 6.45) is -0.159. The third-order valence-corrected chi connectivity index (χ3v) is 2.96. The maximum Gasteiger partial charge on any atom is 1.00 e. The van der Waals surface area contributed by atoms with Gasteiger partial charge in [0.1, 0.15) is 18.8 Å². The predicted octanol–water partition coefficient (Wildman–Crippen LogP) is -6.44. The van der Waals surface area contributed by atoms with Gasteiger partial charge in [-0.3, -0.25) is 0 Å². The zero-order valence-corrected chi connectivity index (χ0v) is 16.8. The van der Waals surface area contributed by atoms with E-state index in [1.54, 1.807) is 0 Å². The summed E-state index contributed by atoms with van der Waals surface area (Å²) >= 11 is 5.45. The van der Waals surface area contributed by atoms with Crippen LogP contribution >= 0.6 is 19.4 Å². The van der Waals surface area contributed by atoms with Crippen LogP contribution in [-0.2, 0) is 15.6 Å². The third-order valence-electron chi connectivity index (χ3n) is 2.06. The van der Waals surface area contributed by atoms with E-state index in [1.165, 1.54) is 6.92 Å². The first kappa shape index (κ1) is 23.3. The summed E-state index contributed by atoms with van der Waals surface area (Å²) < 4.78 is 15.8. The predicted molar refractivity (Wildman–Crippen MR) is 56.8 cm³/mol. The first-order chi connectivity index (χ1) is 8.24. The molecule has 0 amide bonds. The number of nitro groups is 1. The number of alkyl halides is 1. The van der Waals surface area contributed by atoms with Crippen LogP contribution in [0.3, 0.4) is 0 Å². The minimum Gasteiger partial charge on any atom is -0.790 e. The van der Waals surface area contributed by atoms with Gasteiger partial charge in [0.2, 0.25) is 0 Å². The molecule has 0 bridgehead atoms. The second-order valence-corrected chi connectivity index (χ2v) is 4.77. The minimum atomic E-state index is -5.20. The van der Waals surface area contributed by atoms with E-state index < -0.39 is 18.8 Å². The Hall–Kier alpha value is 1.01. The summed E-state index contributed by atoms with van der Waals surface area (Å²) in [5, 5.41) is 10.7. The number of aryl methyl sites for hydroxylation is 1. The molecule has 0 aromatic carbocycles. The maximum absolute atomic E-state index is 10.7. The average Bonchev–Trinajstić information content (AvgIpc) is 2.57. The number of halogens is 1. The molecule has 0 aliphatic heterocycles. The van der Waals surface area contributed by atoms with Crippen molar-refractivity contribution in [3.8, 4) is 0 Å².